The number of hydrogen-bond acceptors (Lipinski definition) is 4. The number of hydrogen-bond donors (Lipinski definition) is 1. The summed E-state index contributed by atoms with van der Waals surface area (Å²) in [6.45, 7) is 7.87. The minimum Gasteiger partial charge on any atom is -0.444 e. The smallest absolute Gasteiger partial charge is 0.411 e. The van der Waals surface area contributed by atoms with Crippen LogP contribution in [0.1, 0.15) is 5.56 Å². The van der Waals surface area contributed by atoms with Crippen molar-refractivity contribution in [1.29, 1.82) is 0 Å². The number of nitrogens with one attached hydrogen (secondary N) is 1. The van der Waals surface area contributed by atoms with Gasteiger partial charge in [0.1, 0.15) is 13.3 Å². The van der Waals surface area contributed by atoms with E-state index >= 15 is 0 Å². The van der Waals surface area contributed by atoms with Crippen molar-refractivity contribution >= 4 is 19.9 Å². The van der Waals surface area contributed by atoms with E-state index in [0.717, 1.165) is 11.6 Å². The van der Waals surface area contributed by atoms with E-state index in [1.54, 1.807) is 12.3 Å². The van der Waals surface area contributed by atoms with Crippen molar-refractivity contribution in [2.45, 2.75) is 39.0 Å². The van der Waals surface area contributed by atoms with Crippen molar-refractivity contribution in [3.63, 3.8) is 0 Å². The van der Waals surface area contributed by atoms with Gasteiger partial charge >= 0.3 is 6.09 Å². The molecule has 0 fully saturated rings. The van der Waals surface area contributed by atoms with Crippen molar-refractivity contribution in [2.24, 2.45) is 0 Å². The quantitative estimate of drug-likeness (QED) is 0.562. The van der Waals surface area contributed by atoms with Crippen LogP contribution in [0.2, 0.25) is 25.7 Å². The summed E-state index contributed by atoms with van der Waals surface area (Å²) in [5.74, 6) is 0. The van der Waals surface area contributed by atoms with Gasteiger partial charge in [0.05, 0.1) is 5.69 Å². The highest BCUT2D eigenvalue weighted by molar-refractivity contribution is 6.76. The summed E-state index contributed by atoms with van der Waals surface area (Å²) in [5.41, 5.74) is 1.05. The van der Waals surface area contributed by atoms with Crippen LogP contribution in [-0.2, 0) is 22.8 Å². The van der Waals surface area contributed by atoms with E-state index in [1.807, 2.05) is 30.3 Å². The van der Waals surface area contributed by atoms with E-state index in [2.05, 4.69) is 25.0 Å². The molecule has 140 valence electrons. The van der Waals surface area contributed by atoms with Gasteiger partial charge in [-0.1, -0.05) is 50.0 Å². The Bertz CT molecular complexity index is 769. The lowest BCUT2D eigenvalue weighted by atomic mass is 10.2. The fraction of sp³-hybridized carbons (Fsp3) is 0.368. The molecule has 1 aromatic carbocycles. The summed E-state index contributed by atoms with van der Waals surface area (Å²) in [6, 6.07) is 13.4. The molecule has 2 aromatic rings. The second kappa shape index (κ2) is 9.35. The number of benzene rings is 1. The van der Waals surface area contributed by atoms with Crippen LogP contribution in [0, 0.1) is 0 Å². The summed E-state index contributed by atoms with van der Waals surface area (Å²) >= 11 is 0. The van der Waals surface area contributed by atoms with Gasteiger partial charge in [0.2, 0.25) is 0 Å². The zero-order chi connectivity index (χ0) is 19.0. The van der Waals surface area contributed by atoms with Crippen molar-refractivity contribution in [2.75, 3.05) is 11.9 Å². The Balaban J connectivity index is 1.80. The minimum atomic E-state index is -1.14. The Hall–Kier alpha value is -2.38. The van der Waals surface area contributed by atoms with E-state index in [1.165, 1.54) is 10.6 Å². The lowest BCUT2D eigenvalue weighted by molar-refractivity contribution is 0.0848. The lowest BCUT2D eigenvalue weighted by Crippen LogP contribution is -2.25. The molecule has 0 spiro atoms. The molecular formula is C19H26N2O4Si. The minimum absolute atomic E-state index is 0.175. The molecule has 0 atom stereocenters. The summed E-state index contributed by atoms with van der Waals surface area (Å²) < 4.78 is 12.2. The fourth-order valence-corrected chi connectivity index (χ4v) is 2.87. The number of nitrogens with zero attached hydrogens (tertiary/aromatic N) is 1. The number of carbonyl (C=O) groups excluding carboxylic acids is 1. The van der Waals surface area contributed by atoms with Gasteiger partial charge in [0, 0.05) is 26.9 Å². The first kappa shape index (κ1) is 19.9. The first-order valence-corrected chi connectivity index (χ1v) is 12.3. The van der Waals surface area contributed by atoms with E-state index in [-0.39, 0.29) is 18.9 Å². The number of carbonyl (C=O) groups is 1. The highest BCUT2D eigenvalue weighted by Gasteiger charge is 2.12. The SMILES string of the molecule is C[Si](C)(C)CCOCn1ccc(NC(=O)OCc2ccccc2)cc1=O. The van der Waals surface area contributed by atoms with Crippen molar-refractivity contribution in [3.8, 4) is 0 Å². The molecule has 26 heavy (non-hydrogen) atoms. The van der Waals surface area contributed by atoms with E-state index in [4.69, 9.17) is 9.47 Å². The second-order valence-corrected chi connectivity index (χ2v) is 12.9. The van der Waals surface area contributed by atoms with Crippen LogP contribution >= 0.6 is 0 Å². The molecular weight excluding hydrogens is 348 g/mol. The number of pyridine rings is 1. The molecule has 2 rings (SSSR count). The third-order valence-corrected chi connectivity index (χ3v) is 5.39. The lowest BCUT2D eigenvalue weighted by Gasteiger charge is -2.15. The van der Waals surface area contributed by atoms with Gasteiger partial charge in [-0.05, 0) is 17.7 Å². The van der Waals surface area contributed by atoms with Crippen molar-refractivity contribution < 1.29 is 14.3 Å². The van der Waals surface area contributed by atoms with E-state index in [9.17, 15) is 9.59 Å². The molecule has 0 aliphatic heterocycles. The van der Waals surface area contributed by atoms with E-state index < -0.39 is 14.2 Å². The molecule has 0 unspecified atom stereocenters. The third kappa shape index (κ3) is 7.24. The van der Waals surface area contributed by atoms with Crippen LogP contribution in [0.4, 0.5) is 10.5 Å². The number of ether oxygens (including phenoxy) is 2. The molecule has 0 saturated heterocycles. The molecule has 1 heterocycles. The summed E-state index contributed by atoms with van der Waals surface area (Å²) in [6.07, 6.45) is 1.00. The van der Waals surface area contributed by atoms with Gasteiger partial charge in [0.15, 0.2) is 0 Å². The standard InChI is InChI=1S/C19H26N2O4Si/c1-26(2,3)12-11-24-15-21-10-9-17(13-18(21)22)20-19(23)25-14-16-7-5-4-6-8-16/h4-10,13H,11-12,14-15H2,1-3H3,(H,20,23). The van der Waals surface area contributed by atoms with Crippen molar-refractivity contribution in [1.82, 2.24) is 4.57 Å². The number of amides is 1. The average molecular weight is 375 g/mol. The van der Waals surface area contributed by atoms with Crippen LogP contribution in [0.3, 0.4) is 0 Å². The summed E-state index contributed by atoms with van der Waals surface area (Å²) in [4.78, 5) is 23.9. The highest BCUT2D eigenvalue weighted by Crippen LogP contribution is 2.08. The highest BCUT2D eigenvalue weighted by atomic mass is 28.3. The van der Waals surface area contributed by atoms with Gasteiger partial charge in [0.25, 0.3) is 5.56 Å². The van der Waals surface area contributed by atoms with Crippen LogP contribution in [0.25, 0.3) is 0 Å². The largest absolute Gasteiger partial charge is 0.444 e. The number of rotatable bonds is 8. The Morgan fingerprint density at radius 3 is 2.54 bits per heavy atom. The second-order valence-electron chi connectivity index (χ2n) is 7.26. The molecule has 0 saturated carbocycles. The fourth-order valence-electron chi connectivity index (χ4n) is 2.11. The van der Waals surface area contributed by atoms with Crippen LogP contribution in [0.15, 0.2) is 53.5 Å². The first-order valence-electron chi connectivity index (χ1n) is 8.59. The molecule has 0 bridgehead atoms. The molecule has 0 aliphatic carbocycles. The molecule has 1 N–H and O–H groups in total. The zero-order valence-corrected chi connectivity index (χ0v) is 16.5. The predicted molar refractivity (Wildman–Crippen MR) is 105 cm³/mol. The first-order chi connectivity index (χ1) is 12.3. The molecule has 0 radical (unpaired) electrons. The van der Waals surface area contributed by atoms with Gasteiger partial charge in [-0.3, -0.25) is 14.7 Å². The maximum atomic E-state index is 12.1. The number of anilines is 1. The van der Waals surface area contributed by atoms with Gasteiger partial charge < -0.3 is 9.47 Å². The maximum absolute atomic E-state index is 12.1. The molecule has 7 heteroatoms. The molecule has 0 aliphatic rings. The topological polar surface area (TPSA) is 69.6 Å². The molecule has 1 aromatic heterocycles. The Morgan fingerprint density at radius 1 is 1.15 bits per heavy atom. The van der Waals surface area contributed by atoms with Crippen LogP contribution in [-0.4, -0.2) is 25.3 Å². The molecule has 1 amide bonds. The Labute approximate surface area is 154 Å². The number of aromatic nitrogens is 1. The summed E-state index contributed by atoms with van der Waals surface area (Å²) in [5, 5.41) is 2.56. The van der Waals surface area contributed by atoms with Gasteiger partial charge in [-0.15, -0.1) is 0 Å². The van der Waals surface area contributed by atoms with Crippen LogP contribution in [0.5, 0.6) is 0 Å². The third-order valence-electron chi connectivity index (χ3n) is 3.68. The zero-order valence-electron chi connectivity index (χ0n) is 15.5. The Morgan fingerprint density at radius 2 is 1.88 bits per heavy atom. The molecule has 6 nitrogen and oxygen atoms in total. The van der Waals surface area contributed by atoms with E-state index in [0.29, 0.717) is 12.3 Å². The maximum Gasteiger partial charge on any atom is 0.411 e. The Kier molecular flexibility index (Phi) is 7.17. The normalized spacial score (nSPS) is 11.2. The van der Waals surface area contributed by atoms with Gasteiger partial charge in [-0.25, -0.2) is 4.79 Å². The predicted octanol–water partition coefficient (Wildman–Crippen LogP) is 3.91. The average Bonchev–Trinajstić information content (AvgIpc) is 2.58. The van der Waals surface area contributed by atoms with Crippen molar-refractivity contribution in [3.05, 3.63) is 64.6 Å². The summed E-state index contributed by atoms with van der Waals surface area (Å²) in [7, 11) is -1.14. The van der Waals surface area contributed by atoms with Gasteiger partial charge in [-0.2, -0.15) is 0 Å². The monoisotopic (exact) mass is 374 g/mol. The van der Waals surface area contributed by atoms with Crippen LogP contribution < -0.4 is 10.9 Å².